The van der Waals surface area contributed by atoms with Crippen LogP contribution in [0.4, 0.5) is 14.5 Å². The smallest absolute Gasteiger partial charge is 0.276 e. The first-order valence-corrected chi connectivity index (χ1v) is 9.26. The van der Waals surface area contributed by atoms with E-state index in [1.54, 1.807) is 33.4 Å². The Balaban J connectivity index is 1.80. The van der Waals surface area contributed by atoms with Crippen LogP contribution in [-0.4, -0.2) is 52.2 Å². The molecule has 3 rings (SSSR count). The molecular weight excluding hydrogens is 408 g/mol. The molecule has 0 atom stereocenters. The van der Waals surface area contributed by atoms with Gasteiger partial charge in [-0.05, 0) is 30.7 Å². The fourth-order valence-electron chi connectivity index (χ4n) is 2.77. The number of aromatic nitrogens is 3. The fourth-order valence-corrected chi connectivity index (χ4v) is 2.77. The van der Waals surface area contributed by atoms with Gasteiger partial charge in [0.05, 0.1) is 5.69 Å². The van der Waals surface area contributed by atoms with Crippen molar-refractivity contribution in [2.24, 2.45) is 7.05 Å². The lowest BCUT2D eigenvalue weighted by Gasteiger charge is -2.12. The van der Waals surface area contributed by atoms with E-state index in [0.29, 0.717) is 11.3 Å². The van der Waals surface area contributed by atoms with E-state index in [0.717, 1.165) is 17.7 Å². The van der Waals surface area contributed by atoms with Crippen molar-refractivity contribution in [3.63, 3.8) is 0 Å². The Labute approximate surface area is 177 Å². The van der Waals surface area contributed by atoms with Crippen molar-refractivity contribution in [1.82, 2.24) is 19.7 Å². The second-order valence-corrected chi connectivity index (χ2v) is 7.00. The van der Waals surface area contributed by atoms with Crippen molar-refractivity contribution in [2.75, 3.05) is 26.0 Å². The van der Waals surface area contributed by atoms with Crippen LogP contribution in [-0.2, 0) is 11.8 Å². The van der Waals surface area contributed by atoms with Crippen LogP contribution in [0.25, 0.3) is 11.3 Å². The van der Waals surface area contributed by atoms with Crippen LogP contribution in [0.15, 0.2) is 36.5 Å². The topological polar surface area (TPSA) is 89.3 Å². The Kier molecular flexibility index (Phi) is 6.28. The zero-order valence-corrected chi connectivity index (χ0v) is 17.4. The molecule has 0 fully saturated rings. The Hall–Kier alpha value is -3.82. The van der Waals surface area contributed by atoms with Gasteiger partial charge >= 0.3 is 0 Å². The molecule has 0 aliphatic heterocycles. The Bertz CT molecular complexity index is 1120. The van der Waals surface area contributed by atoms with Crippen molar-refractivity contribution in [3.8, 4) is 17.1 Å². The molecule has 10 heteroatoms. The number of hydrogen-bond acceptors (Lipinski definition) is 5. The summed E-state index contributed by atoms with van der Waals surface area (Å²) < 4.78 is 34.5. The van der Waals surface area contributed by atoms with Gasteiger partial charge in [0, 0.05) is 39.0 Å². The van der Waals surface area contributed by atoms with Gasteiger partial charge in [-0.3, -0.25) is 14.3 Å². The highest BCUT2D eigenvalue weighted by Gasteiger charge is 2.19. The second kappa shape index (κ2) is 8.90. The largest absolute Gasteiger partial charge is 0.468 e. The minimum atomic E-state index is -0.882. The molecule has 162 valence electrons. The van der Waals surface area contributed by atoms with E-state index in [1.165, 1.54) is 21.7 Å². The number of carbonyl (C=O) groups excluding carboxylic acids is 2. The van der Waals surface area contributed by atoms with Crippen molar-refractivity contribution in [3.05, 3.63) is 59.4 Å². The highest BCUT2D eigenvalue weighted by atomic mass is 19.1. The normalized spacial score (nSPS) is 10.6. The number of benzene rings is 1. The number of hydrogen-bond donors (Lipinski definition) is 1. The molecule has 3 aromatic rings. The molecule has 0 aliphatic rings. The van der Waals surface area contributed by atoms with Crippen molar-refractivity contribution < 1.29 is 23.1 Å². The minimum Gasteiger partial charge on any atom is -0.468 e. The number of rotatable bonds is 6. The predicted molar refractivity (Wildman–Crippen MR) is 110 cm³/mol. The minimum absolute atomic E-state index is 0.0172. The average Bonchev–Trinajstić information content (AvgIpc) is 3.10. The molecule has 2 amide bonds. The van der Waals surface area contributed by atoms with E-state index in [4.69, 9.17) is 4.74 Å². The summed E-state index contributed by atoms with van der Waals surface area (Å²) in [5, 5.41) is 6.35. The van der Waals surface area contributed by atoms with Gasteiger partial charge in [-0.15, -0.1) is 0 Å². The second-order valence-electron chi connectivity index (χ2n) is 7.00. The van der Waals surface area contributed by atoms with E-state index < -0.39 is 23.2 Å². The molecule has 8 nitrogen and oxygen atoms in total. The molecule has 0 saturated carbocycles. The molecule has 0 aliphatic carbocycles. The molecule has 0 spiro atoms. The van der Waals surface area contributed by atoms with Crippen LogP contribution in [0.2, 0.25) is 0 Å². The third-order valence-electron chi connectivity index (χ3n) is 4.52. The Morgan fingerprint density at radius 3 is 2.48 bits per heavy atom. The SMILES string of the molecule is Cc1cc(OCC(=O)N(C)C)ncc1-c1cc(C(=O)Nc2c(F)cccc2F)nn1C. The number of carbonyl (C=O) groups is 2. The lowest BCUT2D eigenvalue weighted by atomic mass is 10.1. The number of halogens is 2. The summed E-state index contributed by atoms with van der Waals surface area (Å²) >= 11 is 0. The van der Waals surface area contributed by atoms with E-state index in [-0.39, 0.29) is 24.1 Å². The Morgan fingerprint density at radius 1 is 1.19 bits per heavy atom. The van der Waals surface area contributed by atoms with Gasteiger partial charge in [0.1, 0.15) is 17.3 Å². The predicted octanol–water partition coefficient (Wildman–Crippen LogP) is 2.79. The summed E-state index contributed by atoms with van der Waals surface area (Å²) in [5.74, 6) is -2.43. The van der Waals surface area contributed by atoms with Crippen molar-refractivity contribution in [1.29, 1.82) is 0 Å². The number of nitrogens with one attached hydrogen (secondary N) is 1. The molecule has 2 heterocycles. The lowest BCUT2D eigenvalue weighted by Crippen LogP contribution is -2.27. The van der Waals surface area contributed by atoms with Crippen LogP contribution in [0.1, 0.15) is 16.1 Å². The van der Waals surface area contributed by atoms with Crippen LogP contribution in [0, 0.1) is 18.6 Å². The van der Waals surface area contributed by atoms with E-state index in [1.807, 2.05) is 6.92 Å². The summed E-state index contributed by atoms with van der Waals surface area (Å²) in [6, 6.07) is 6.47. The van der Waals surface area contributed by atoms with Gasteiger partial charge in [-0.2, -0.15) is 5.10 Å². The number of amides is 2. The zero-order chi connectivity index (χ0) is 22.7. The molecule has 0 saturated heterocycles. The summed E-state index contributed by atoms with van der Waals surface area (Å²) in [4.78, 5) is 29.7. The Morgan fingerprint density at radius 2 is 1.87 bits per heavy atom. The number of para-hydroxylation sites is 1. The molecule has 31 heavy (non-hydrogen) atoms. The molecular formula is C21H21F2N5O3. The van der Waals surface area contributed by atoms with E-state index >= 15 is 0 Å². The van der Waals surface area contributed by atoms with Crippen LogP contribution in [0.5, 0.6) is 5.88 Å². The quantitative estimate of drug-likeness (QED) is 0.651. The van der Waals surface area contributed by atoms with Gasteiger partial charge < -0.3 is 15.0 Å². The third-order valence-corrected chi connectivity index (χ3v) is 4.52. The van der Waals surface area contributed by atoms with E-state index in [9.17, 15) is 18.4 Å². The molecule has 0 bridgehead atoms. The summed E-state index contributed by atoms with van der Waals surface area (Å²) in [6.07, 6.45) is 1.54. The number of ether oxygens (including phenoxy) is 1. The maximum absolute atomic E-state index is 13.8. The summed E-state index contributed by atoms with van der Waals surface area (Å²) in [7, 11) is 4.89. The van der Waals surface area contributed by atoms with Gasteiger partial charge in [-0.1, -0.05) is 6.07 Å². The highest BCUT2D eigenvalue weighted by molar-refractivity contribution is 6.03. The van der Waals surface area contributed by atoms with Gasteiger partial charge in [0.15, 0.2) is 12.3 Å². The number of nitrogens with zero attached hydrogens (tertiary/aromatic N) is 4. The monoisotopic (exact) mass is 429 g/mol. The fraction of sp³-hybridized carbons (Fsp3) is 0.238. The first-order chi connectivity index (χ1) is 14.7. The molecule has 0 radical (unpaired) electrons. The number of likely N-dealkylation sites (N-methyl/N-ethyl adjacent to an activating group) is 1. The molecule has 1 N–H and O–H groups in total. The number of anilines is 1. The lowest BCUT2D eigenvalue weighted by molar-refractivity contribution is -0.130. The average molecular weight is 429 g/mol. The van der Waals surface area contributed by atoms with Gasteiger partial charge in [0.2, 0.25) is 5.88 Å². The van der Waals surface area contributed by atoms with Crippen molar-refractivity contribution in [2.45, 2.75) is 6.92 Å². The maximum Gasteiger partial charge on any atom is 0.276 e. The first-order valence-electron chi connectivity index (χ1n) is 9.26. The molecule has 2 aromatic heterocycles. The van der Waals surface area contributed by atoms with Gasteiger partial charge in [0.25, 0.3) is 11.8 Å². The zero-order valence-electron chi connectivity index (χ0n) is 17.4. The standard InChI is InChI=1S/C21H21F2N5O3/c1-12-8-18(31-11-19(29)27(2)3)24-10-13(12)17-9-16(26-28(17)4)21(30)25-20-14(22)6-5-7-15(20)23/h5-10H,11H2,1-4H3,(H,25,30). The maximum atomic E-state index is 13.8. The van der Waals surface area contributed by atoms with Crippen LogP contribution >= 0.6 is 0 Å². The molecule has 1 aromatic carbocycles. The summed E-state index contributed by atoms with van der Waals surface area (Å²) in [5.41, 5.74) is 1.47. The van der Waals surface area contributed by atoms with Crippen LogP contribution < -0.4 is 10.1 Å². The van der Waals surface area contributed by atoms with Gasteiger partial charge in [-0.25, -0.2) is 13.8 Å². The summed E-state index contributed by atoms with van der Waals surface area (Å²) in [6.45, 7) is 1.68. The number of pyridine rings is 1. The molecule has 0 unspecified atom stereocenters. The first kappa shape index (κ1) is 21.9. The van der Waals surface area contributed by atoms with E-state index in [2.05, 4.69) is 15.4 Å². The number of aryl methyl sites for hydroxylation is 2. The van der Waals surface area contributed by atoms with Crippen molar-refractivity contribution >= 4 is 17.5 Å². The third kappa shape index (κ3) is 4.85. The van der Waals surface area contributed by atoms with Crippen LogP contribution in [0.3, 0.4) is 0 Å². The highest BCUT2D eigenvalue weighted by Crippen LogP contribution is 2.26.